The van der Waals surface area contributed by atoms with Crippen molar-refractivity contribution in [2.24, 2.45) is 0 Å². The zero-order valence-electron chi connectivity index (χ0n) is 12.6. The van der Waals surface area contributed by atoms with Gasteiger partial charge in [-0.15, -0.1) is 0 Å². The predicted octanol–water partition coefficient (Wildman–Crippen LogP) is 1.75. The molecular formula is C14H16FN5O3. The Morgan fingerprint density at radius 3 is 2.70 bits per heavy atom. The second-order valence-electron chi connectivity index (χ2n) is 5.39. The molecule has 9 heteroatoms. The predicted molar refractivity (Wildman–Crippen MR) is 79.6 cm³/mol. The third-order valence-corrected chi connectivity index (χ3v) is 3.78. The van der Waals surface area contributed by atoms with Crippen LogP contribution in [0.4, 0.5) is 15.8 Å². The molecule has 1 aliphatic rings. The Morgan fingerprint density at radius 2 is 2.09 bits per heavy atom. The zero-order valence-corrected chi connectivity index (χ0v) is 12.6. The van der Waals surface area contributed by atoms with Crippen LogP contribution in [0.3, 0.4) is 0 Å². The minimum absolute atomic E-state index is 0.0765. The largest absolute Gasteiger partial charge is 0.363 e. The average Bonchev–Trinajstić information content (AvgIpc) is 2.93. The summed E-state index contributed by atoms with van der Waals surface area (Å²) in [5.41, 5.74) is 0.246. The Labute approximate surface area is 131 Å². The van der Waals surface area contributed by atoms with Crippen LogP contribution in [0.2, 0.25) is 0 Å². The molecule has 0 spiro atoms. The van der Waals surface area contributed by atoms with E-state index in [1.807, 2.05) is 4.90 Å². The fourth-order valence-electron chi connectivity index (χ4n) is 2.65. The molecule has 0 unspecified atom stereocenters. The van der Waals surface area contributed by atoms with Crippen molar-refractivity contribution in [1.82, 2.24) is 15.0 Å². The van der Waals surface area contributed by atoms with Crippen molar-refractivity contribution >= 4 is 11.4 Å². The molecule has 3 rings (SSSR count). The molecule has 1 aliphatic heterocycles. The maximum Gasteiger partial charge on any atom is 0.292 e. The standard InChI is InChI=1S/C14H16FN5O3/c1-10-16-14(23-17-10)9-18-4-6-19(7-5-18)13-8-11(15)2-3-12(13)20(21)22/h2-3,8H,4-7,9H2,1H3. The van der Waals surface area contributed by atoms with Crippen LogP contribution < -0.4 is 4.90 Å². The average molecular weight is 321 g/mol. The van der Waals surface area contributed by atoms with Gasteiger partial charge in [-0.3, -0.25) is 15.0 Å². The third kappa shape index (κ3) is 3.45. The molecule has 2 heterocycles. The fourth-order valence-corrected chi connectivity index (χ4v) is 2.65. The normalized spacial score (nSPS) is 15.8. The highest BCUT2D eigenvalue weighted by atomic mass is 19.1. The monoisotopic (exact) mass is 321 g/mol. The molecule has 1 aromatic carbocycles. The summed E-state index contributed by atoms with van der Waals surface area (Å²) in [4.78, 5) is 18.7. The van der Waals surface area contributed by atoms with Crippen molar-refractivity contribution < 1.29 is 13.8 Å². The minimum atomic E-state index is -0.484. The summed E-state index contributed by atoms with van der Waals surface area (Å²) in [5, 5.41) is 14.8. The first-order chi connectivity index (χ1) is 11.0. The molecule has 122 valence electrons. The van der Waals surface area contributed by atoms with E-state index in [2.05, 4.69) is 15.0 Å². The van der Waals surface area contributed by atoms with E-state index in [0.717, 1.165) is 6.07 Å². The second kappa shape index (κ2) is 6.29. The molecule has 0 N–H and O–H groups in total. The highest BCUT2D eigenvalue weighted by molar-refractivity contribution is 5.63. The zero-order chi connectivity index (χ0) is 16.4. The van der Waals surface area contributed by atoms with E-state index in [9.17, 15) is 14.5 Å². The molecule has 0 bridgehead atoms. The number of aromatic nitrogens is 2. The van der Waals surface area contributed by atoms with Crippen molar-refractivity contribution in [2.45, 2.75) is 13.5 Å². The van der Waals surface area contributed by atoms with Crippen LogP contribution in [0.15, 0.2) is 22.7 Å². The first kappa shape index (κ1) is 15.3. The van der Waals surface area contributed by atoms with Crippen LogP contribution in [0.5, 0.6) is 0 Å². The Morgan fingerprint density at radius 1 is 1.35 bits per heavy atom. The molecule has 2 aromatic rings. The van der Waals surface area contributed by atoms with Gasteiger partial charge in [0.2, 0.25) is 5.89 Å². The Bertz CT molecular complexity index is 712. The molecule has 0 saturated carbocycles. The number of hydrogen-bond donors (Lipinski definition) is 0. The summed E-state index contributed by atoms with van der Waals surface area (Å²) in [7, 11) is 0. The summed E-state index contributed by atoms with van der Waals surface area (Å²) in [6.07, 6.45) is 0. The van der Waals surface area contributed by atoms with Crippen LogP contribution in [0, 0.1) is 22.9 Å². The highest BCUT2D eigenvalue weighted by Crippen LogP contribution is 2.29. The van der Waals surface area contributed by atoms with Gasteiger partial charge in [0.1, 0.15) is 11.5 Å². The molecule has 23 heavy (non-hydrogen) atoms. The van der Waals surface area contributed by atoms with E-state index < -0.39 is 10.7 Å². The fraction of sp³-hybridized carbons (Fsp3) is 0.429. The van der Waals surface area contributed by atoms with E-state index in [4.69, 9.17) is 4.52 Å². The lowest BCUT2D eigenvalue weighted by Crippen LogP contribution is -2.46. The topological polar surface area (TPSA) is 88.5 Å². The molecule has 0 radical (unpaired) electrons. The maximum absolute atomic E-state index is 13.4. The number of aryl methyl sites for hydroxylation is 1. The van der Waals surface area contributed by atoms with Crippen molar-refractivity contribution in [3.05, 3.63) is 45.8 Å². The van der Waals surface area contributed by atoms with Gasteiger partial charge in [0.05, 0.1) is 11.5 Å². The first-order valence-corrected chi connectivity index (χ1v) is 7.23. The summed E-state index contributed by atoms with van der Waals surface area (Å²) in [6.45, 7) is 4.78. The molecule has 8 nitrogen and oxygen atoms in total. The van der Waals surface area contributed by atoms with Gasteiger partial charge < -0.3 is 9.42 Å². The van der Waals surface area contributed by atoms with Gasteiger partial charge >= 0.3 is 0 Å². The molecule has 0 amide bonds. The van der Waals surface area contributed by atoms with Crippen molar-refractivity contribution in [2.75, 3.05) is 31.1 Å². The van der Waals surface area contributed by atoms with Gasteiger partial charge in [0.15, 0.2) is 5.82 Å². The van der Waals surface area contributed by atoms with Gasteiger partial charge in [-0.1, -0.05) is 5.16 Å². The maximum atomic E-state index is 13.4. The van der Waals surface area contributed by atoms with E-state index in [-0.39, 0.29) is 5.69 Å². The molecule has 0 atom stereocenters. The molecule has 0 aliphatic carbocycles. The van der Waals surface area contributed by atoms with Gasteiger partial charge in [-0.2, -0.15) is 4.98 Å². The molecule has 1 saturated heterocycles. The summed E-state index contributed by atoms with van der Waals surface area (Å²) in [6, 6.07) is 3.53. The van der Waals surface area contributed by atoms with Crippen LogP contribution >= 0.6 is 0 Å². The van der Waals surface area contributed by atoms with Crippen LogP contribution in [0.25, 0.3) is 0 Å². The van der Waals surface area contributed by atoms with Crippen LogP contribution in [-0.2, 0) is 6.54 Å². The molecular weight excluding hydrogens is 305 g/mol. The minimum Gasteiger partial charge on any atom is -0.363 e. The van der Waals surface area contributed by atoms with Gasteiger partial charge in [0, 0.05) is 38.3 Å². The number of halogens is 1. The number of nitro benzene ring substituents is 1. The first-order valence-electron chi connectivity index (χ1n) is 7.23. The SMILES string of the molecule is Cc1noc(CN2CCN(c3cc(F)ccc3[N+](=O)[O-])CC2)n1. The van der Waals surface area contributed by atoms with Gasteiger partial charge in [0.25, 0.3) is 5.69 Å². The Kier molecular flexibility index (Phi) is 4.20. The lowest BCUT2D eigenvalue weighted by Gasteiger charge is -2.35. The number of anilines is 1. The van der Waals surface area contributed by atoms with Crippen LogP contribution in [0.1, 0.15) is 11.7 Å². The van der Waals surface area contributed by atoms with E-state index >= 15 is 0 Å². The van der Waals surface area contributed by atoms with Gasteiger partial charge in [-0.25, -0.2) is 4.39 Å². The molecule has 1 aromatic heterocycles. The Balaban J connectivity index is 1.67. The number of rotatable bonds is 4. The van der Waals surface area contributed by atoms with Crippen molar-refractivity contribution in [3.8, 4) is 0 Å². The van der Waals surface area contributed by atoms with E-state index in [1.54, 1.807) is 6.92 Å². The lowest BCUT2D eigenvalue weighted by atomic mass is 10.2. The lowest BCUT2D eigenvalue weighted by molar-refractivity contribution is -0.384. The van der Waals surface area contributed by atoms with E-state index in [1.165, 1.54) is 12.1 Å². The molecule has 1 fully saturated rings. The van der Waals surface area contributed by atoms with Crippen molar-refractivity contribution in [1.29, 1.82) is 0 Å². The third-order valence-electron chi connectivity index (χ3n) is 3.78. The highest BCUT2D eigenvalue weighted by Gasteiger charge is 2.25. The number of benzene rings is 1. The van der Waals surface area contributed by atoms with E-state index in [0.29, 0.717) is 50.1 Å². The number of nitro groups is 1. The van der Waals surface area contributed by atoms with Crippen LogP contribution in [-0.4, -0.2) is 46.1 Å². The second-order valence-corrected chi connectivity index (χ2v) is 5.39. The smallest absolute Gasteiger partial charge is 0.292 e. The number of hydrogen-bond acceptors (Lipinski definition) is 7. The van der Waals surface area contributed by atoms with Crippen molar-refractivity contribution in [3.63, 3.8) is 0 Å². The number of nitrogens with zero attached hydrogens (tertiary/aromatic N) is 5. The number of piperazine rings is 1. The summed E-state index contributed by atoms with van der Waals surface area (Å²) in [5.74, 6) is 0.663. The Hall–Kier alpha value is -2.55. The quantitative estimate of drug-likeness (QED) is 0.626. The summed E-state index contributed by atoms with van der Waals surface area (Å²) >= 11 is 0. The summed E-state index contributed by atoms with van der Waals surface area (Å²) < 4.78 is 18.5. The van der Waals surface area contributed by atoms with Gasteiger partial charge in [-0.05, 0) is 13.0 Å².